The predicted molar refractivity (Wildman–Crippen MR) is 94.5 cm³/mol. The van der Waals surface area contributed by atoms with Gasteiger partial charge in [0.25, 0.3) is 0 Å². The fraction of sp³-hybridized carbons (Fsp3) is 0.267. The number of carbonyl (C=O) groups is 1. The lowest BCUT2D eigenvalue weighted by molar-refractivity contribution is -0.384. The molecule has 0 saturated heterocycles. The van der Waals surface area contributed by atoms with Crippen LogP contribution in [0.4, 0.5) is 24.7 Å². The molecule has 0 aliphatic heterocycles. The van der Waals surface area contributed by atoms with E-state index < -0.39 is 50.1 Å². The molecule has 2 rings (SSSR count). The molecule has 0 aliphatic rings. The summed E-state index contributed by atoms with van der Waals surface area (Å²) in [5.41, 5.74) is -1.91. The van der Waals surface area contributed by atoms with Gasteiger partial charge in [-0.05, 0) is 6.07 Å². The zero-order chi connectivity index (χ0) is 21.2. The van der Waals surface area contributed by atoms with Gasteiger partial charge in [0, 0.05) is 6.42 Å². The van der Waals surface area contributed by atoms with Crippen molar-refractivity contribution in [2.45, 2.75) is 19.5 Å². The number of anilines is 1. The highest BCUT2D eigenvalue weighted by Crippen LogP contribution is 2.38. The molecule has 0 saturated carbocycles. The first-order valence-electron chi connectivity index (χ1n) is 7.42. The van der Waals surface area contributed by atoms with Crippen molar-refractivity contribution in [2.75, 3.05) is 11.4 Å². The Bertz CT molecular complexity index is 985. The van der Waals surface area contributed by atoms with Crippen LogP contribution in [0.3, 0.4) is 0 Å². The van der Waals surface area contributed by atoms with Crippen LogP contribution in [0.5, 0.6) is 0 Å². The standard InChI is InChI=1S/C15H10Cl2F3N5O3/c1-3-5-23(11(26)4-2)14-10(25(27)28)7-21-24(14)13-9(16)6-8(12(17)22-13)15(18,19)20/h1,6-7H,4-5H2,2H3. The Balaban J connectivity index is 2.78. The number of nitrogens with zero attached hydrogens (tertiary/aromatic N) is 5. The van der Waals surface area contributed by atoms with E-state index in [1.807, 2.05) is 0 Å². The largest absolute Gasteiger partial charge is 0.419 e. The van der Waals surface area contributed by atoms with E-state index in [0.717, 1.165) is 15.8 Å². The van der Waals surface area contributed by atoms with Crippen molar-refractivity contribution in [3.63, 3.8) is 0 Å². The van der Waals surface area contributed by atoms with E-state index >= 15 is 0 Å². The van der Waals surface area contributed by atoms with Gasteiger partial charge in [-0.1, -0.05) is 36.0 Å². The van der Waals surface area contributed by atoms with Crippen molar-refractivity contribution in [2.24, 2.45) is 0 Å². The number of alkyl halides is 3. The van der Waals surface area contributed by atoms with Gasteiger partial charge < -0.3 is 0 Å². The molecule has 2 aromatic heterocycles. The maximum Gasteiger partial charge on any atom is 0.419 e. The summed E-state index contributed by atoms with van der Waals surface area (Å²) in [5, 5.41) is 13.6. The van der Waals surface area contributed by atoms with E-state index in [1.54, 1.807) is 0 Å². The van der Waals surface area contributed by atoms with Gasteiger partial charge in [0.2, 0.25) is 11.7 Å². The number of pyridine rings is 1. The summed E-state index contributed by atoms with van der Waals surface area (Å²) in [6.07, 6.45) is 1.15. The number of halogens is 5. The second-order valence-corrected chi connectivity index (χ2v) is 5.96. The maximum absolute atomic E-state index is 13.0. The molecule has 0 N–H and O–H groups in total. The average molecular weight is 436 g/mol. The molecule has 0 atom stereocenters. The smallest absolute Gasteiger partial charge is 0.279 e. The van der Waals surface area contributed by atoms with E-state index in [1.165, 1.54) is 6.92 Å². The molecule has 0 radical (unpaired) electrons. The van der Waals surface area contributed by atoms with Crippen molar-refractivity contribution in [1.82, 2.24) is 14.8 Å². The Labute approximate surface area is 166 Å². The summed E-state index contributed by atoms with van der Waals surface area (Å²) in [7, 11) is 0. The van der Waals surface area contributed by atoms with Crippen molar-refractivity contribution >= 4 is 40.6 Å². The van der Waals surface area contributed by atoms with Crippen molar-refractivity contribution in [1.29, 1.82) is 0 Å². The van der Waals surface area contributed by atoms with Crippen LogP contribution in [0.1, 0.15) is 18.9 Å². The third-order valence-corrected chi connectivity index (χ3v) is 4.01. The van der Waals surface area contributed by atoms with E-state index in [4.69, 9.17) is 29.6 Å². The third kappa shape index (κ3) is 4.02. The lowest BCUT2D eigenvalue weighted by Crippen LogP contribution is -2.33. The van der Waals surface area contributed by atoms with Crippen LogP contribution in [0, 0.1) is 22.5 Å². The van der Waals surface area contributed by atoms with Crippen LogP contribution >= 0.6 is 23.2 Å². The monoisotopic (exact) mass is 435 g/mol. The van der Waals surface area contributed by atoms with E-state index in [-0.39, 0.29) is 13.0 Å². The van der Waals surface area contributed by atoms with Crippen LogP contribution in [0.25, 0.3) is 5.82 Å². The minimum absolute atomic E-state index is 0.0566. The number of hydrogen-bond acceptors (Lipinski definition) is 5. The number of carbonyl (C=O) groups excluding carboxylic acids is 1. The molecule has 0 spiro atoms. The Morgan fingerprint density at radius 2 is 2.11 bits per heavy atom. The number of aromatic nitrogens is 3. The molecule has 28 heavy (non-hydrogen) atoms. The molecule has 8 nitrogen and oxygen atoms in total. The van der Waals surface area contributed by atoms with Gasteiger partial charge in [-0.2, -0.15) is 23.0 Å². The van der Waals surface area contributed by atoms with Gasteiger partial charge in [0.15, 0.2) is 5.82 Å². The Kier molecular flexibility index (Phi) is 6.16. The summed E-state index contributed by atoms with van der Waals surface area (Å²) >= 11 is 11.5. The first-order valence-corrected chi connectivity index (χ1v) is 8.18. The Hall–Kier alpha value is -2.84. The van der Waals surface area contributed by atoms with Crippen LogP contribution in [0.15, 0.2) is 12.3 Å². The molecule has 0 bridgehead atoms. The highest BCUT2D eigenvalue weighted by molar-refractivity contribution is 6.34. The first kappa shape index (κ1) is 21.5. The molecule has 148 valence electrons. The molecule has 0 aliphatic carbocycles. The molecule has 2 heterocycles. The number of terminal acetylenes is 1. The van der Waals surface area contributed by atoms with Crippen LogP contribution < -0.4 is 4.90 Å². The molecule has 0 aromatic carbocycles. The van der Waals surface area contributed by atoms with Gasteiger partial charge in [-0.15, -0.1) is 6.42 Å². The van der Waals surface area contributed by atoms with E-state index in [2.05, 4.69) is 16.0 Å². The normalized spacial score (nSPS) is 11.2. The number of amides is 1. The molecular weight excluding hydrogens is 426 g/mol. The van der Waals surface area contributed by atoms with Gasteiger partial charge in [0.05, 0.1) is 22.1 Å². The fourth-order valence-electron chi connectivity index (χ4n) is 2.24. The number of rotatable bonds is 5. The van der Waals surface area contributed by atoms with E-state index in [0.29, 0.717) is 6.07 Å². The van der Waals surface area contributed by atoms with Gasteiger partial charge in [0.1, 0.15) is 11.3 Å². The maximum atomic E-state index is 13.0. The fourth-order valence-corrected chi connectivity index (χ4v) is 2.71. The summed E-state index contributed by atoms with van der Waals surface area (Å²) in [6.45, 7) is 1.14. The van der Waals surface area contributed by atoms with Crippen molar-refractivity contribution in [3.8, 4) is 18.2 Å². The zero-order valence-electron chi connectivity index (χ0n) is 14.0. The average Bonchev–Trinajstić information content (AvgIpc) is 3.04. The molecule has 2 aromatic rings. The molecule has 1 amide bonds. The second-order valence-electron chi connectivity index (χ2n) is 5.19. The van der Waals surface area contributed by atoms with Crippen molar-refractivity contribution < 1.29 is 22.9 Å². The summed E-state index contributed by atoms with van der Waals surface area (Å²) < 4.78 is 39.6. The van der Waals surface area contributed by atoms with Gasteiger partial charge in [-0.3, -0.25) is 19.8 Å². The SMILES string of the molecule is C#CCN(C(=O)CC)c1c([N+](=O)[O-])cnn1-c1nc(Cl)c(C(F)(F)F)cc1Cl. The summed E-state index contributed by atoms with van der Waals surface area (Å²) in [5.74, 6) is 0.759. The molecule has 0 fully saturated rings. The third-order valence-electron chi connectivity index (χ3n) is 3.45. The topological polar surface area (TPSA) is 94.2 Å². The summed E-state index contributed by atoms with van der Waals surface area (Å²) in [4.78, 5) is 27.2. The van der Waals surface area contributed by atoms with E-state index in [9.17, 15) is 28.1 Å². The zero-order valence-corrected chi connectivity index (χ0v) is 15.5. The van der Waals surface area contributed by atoms with Crippen LogP contribution in [-0.4, -0.2) is 32.1 Å². The second kappa shape index (κ2) is 8.04. The minimum Gasteiger partial charge on any atom is -0.279 e. The highest BCUT2D eigenvalue weighted by atomic mass is 35.5. The summed E-state index contributed by atoms with van der Waals surface area (Å²) in [6, 6.07) is 0.511. The van der Waals surface area contributed by atoms with Crippen LogP contribution in [0.2, 0.25) is 10.2 Å². The predicted octanol–water partition coefficient (Wildman–Crippen LogP) is 3.88. The van der Waals surface area contributed by atoms with Gasteiger partial charge >= 0.3 is 11.9 Å². The number of hydrogen-bond donors (Lipinski definition) is 0. The van der Waals surface area contributed by atoms with Crippen LogP contribution in [-0.2, 0) is 11.0 Å². The number of nitro groups is 1. The Morgan fingerprint density at radius 3 is 2.61 bits per heavy atom. The molecular formula is C15H10Cl2F3N5O3. The molecule has 13 heteroatoms. The lowest BCUT2D eigenvalue weighted by Gasteiger charge is -2.20. The quantitative estimate of drug-likeness (QED) is 0.307. The minimum atomic E-state index is -4.82. The van der Waals surface area contributed by atoms with Gasteiger partial charge in [-0.25, -0.2) is 4.98 Å². The molecule has 0 unspecified atom stereocenters. The first-order chi connectivity index (χ1) is 13.0. The van der Waals surface area contributed by atoms with Crippen molar-refractivity contribution in [3.05, 3.63) is 38.1 Å². The lowest BCUT2D eigenvalue weighted by atomic mass is 10.2. The highest BCUT2D eigenvalue weighted by Gasteiger charge is 2.36. The Morgan fingerprint density at radius 1 is 1.46 bits per heavy atom.